The van der Waals surface area contributed by atoms with E-state index in [2.05, 4.69) is 16.0 Å². The van der Waals surface area contributed by atoms with Crippen LogP contribution in [0.25, 0.3) is 0 Å². The number of carboxylic acid groups (broad SMARTS) is 1. The zero-order valence-corrected chi connectivity index (χ0v) is 28.2. The highest BCUT2D eigenvalue weighted by atomic mass is 16.7. The third kappa shape index (κ3) is 10.3. The number of aliphatic hydroxyl groups excluding tert-OH is 5. The van der Waals surface area contributed by atoms with Crippen LogP contribution in [0.1, 0.15) is 41.5 Å². The maximum Gasteiger partial charge on any atom is 0.332 e. The van der Waals surface area contributed by atoms with Crippen LogP contribution >= 0.6 is 0 Å². The zero-order chi connectivity index (χ0) is 37.6. The van der Waals surface area contributed by atoms with Crippen molar-refractivity contribution in [1.82, 2.24) is 16.0 Å². The Morgan fingerprint density at radius 2 is 1.18 bits per heavy atom. The first-order valence-corrected chi connectivity index (χ1v) is 15.8. The largest absolute Gasteiger partial charge is 0.479 e. The molecule has 16 atom stereocenters. The summed E-state index contributed by atoms with van der Waals surface area (Å²) in [7, 11) is 0. The van der Waals surface area contributed by atoms with Gasteiger partial charge in [0.25, 0.3) is 0 Å². The Hall–Kier alpha value is -3.09. The second-order valence-corrected chi connectivity index (χ2v) is 12.2. The SMILES string of the molecule is CC(=O)NC1C(O)OC(CO)C(O)C1OC1OC(C)C(O)C(OC2OC(COC(C)=O)C(O)C(OC(C)C(=O)O)C2NC(C)=O)C1NC(C)=O. The van der Waals surface area contributed by atoms with Gasteiger partial charge in [-0.25, -0.2) is 4.79 Å². The van der Waals surface area contributed by atoms with Crippen molar-refractivity contribution in [2.24, 2.45) is 0 Å². The number of carboxylic acids is 1. The average molecular weight is 726 g/mol. The van der Waals surface area contributed by atoms with E-state index in [1.165, 1.54) is 13.8 Å². The molecule has 3 fully saturated rings. The van der Waals surface area contributed by atoms with Gasteiger partial charge < -0.3 is 79.7 Å². The lowest BCUT2D eigenvalue weighted by Crippen LogP contribution is -2.71. The van der Waals surface area contributed by atoms with Crippen molar-refractivity contribution >= 4 is 29.7 Å². The summed E-state index contributed by atoms with van der Waals surface area (Å²) in [5.74, 6) is -4.19. The van der Waals surface area contributed by atoms with Crippen LogP contribution in [0.4, 0.5) is 0 Å². The highest BCUT2D eigenvalue weighted by Gasteiger charge is 2.55. The lowest BCUT2D eigenvalue weighted by molar-refractivity contribution is -0.345. The smallest absolute Gasteiger partial charge is 0.332 e. The molecule has 286 valence electrons. The van der Waals surface area contributed by atoms with E-state index in [1.807, 2.05) is 0 Å². The minimum atomic E-state index is -1.78. The minimum Gasteiger partial charge on any atom is -0.479 e. The third-order valence-corrected chi connectivity index (χ3v) is 8.21. The lowest BCUT2D eigenvalue weighted by Gasteiger charge is -2.50. The van der Waals surface area contributed by atoms with E-state index in [4.69, 9.17) is 33.2 Å². The molecule has 3 aliphatic rings. The fraction of sp³-hybridized carbons (Fsp3) is 0.828. The van der Waals surface area contributed by atoms with Gasteiger partial charge in [-0.2, -0.15) is 0 Å². The predicted molar refractivity (Wildman–Crippen MR) is 160 cm³/mol. The van der Waals surface area contributed by atoms with Gasteiger partial charge >= 0.3 is 11.9 Å². The van der Waals surface area contributed by atoms with E-state index >= 15 is 0 Å². The van der Waals surface area contributed by atoms with Gasteiger partial charge in [-0.15, -0.1) is 0 Å². The van der Waals surface area contributed by atoms with Crippen LogP contribution in [-0.2, 0) is 57.1 Å². The van der Waals surface area contributed by atoms with E-state index < -0.39 is 141 Å². The molecular weight excluding hydrogens is 678 g/mol. The number of aliphatic carboxylic acids is 1. The van der Waals surface area contributed by atoms with Crippen molar-refractivity contribution in [2.45, 2.75) is 140 Å². The van der Waals surface area contributed by atoms with Gasteiger partial charge in [0.2, 0.25) is 17.7 Å². The monoisotopic (exact) mass is 725 g/mol. The number of hydrogen-bond donors (Lipinski definition) is 9. The van der Waals surface area contributed by atoms with Crippen molar-refractivity contribution in [3.05, 3.63) is 0 Å². The van der Waals surface area contributed by atoms with Gasteiger partial charge in [0.05, 0.1) is 12.7 Å². The molecule has 3 amide bonds. The first kappa shape index (κ1) is 41.3. The van der Waals surface area contributed by atoms with Crippen molar-refractivity contribution < 1.29 is 87.8 Å². The maximum atomic E-state index is 12.5. The summed E-state index contributed by atoms with van der Waals surface area (Å²) >= 11 is 0. The van der Waals surface area contributed by atoms with Gasteiger partial charge in [-0.05, 0) is 13.8 Å². The summed E-state index contributed by atoms with van der Waals surface area (Å²) in [5.41, 5.74) is 0. The van der Waals surface area contributed by atoms with E-state index in [1.54, 1.807) is 0 Å². The zero-order valence-electron chi connectivity index (χ0n) is 28.2. The summed E-state index contributed by atoms with van der Waals surface area (Å²) < 4.78 is 39.9. The molecule has 0 saturated carbocycles. The van der Waals surface area contributed by atoms with Crippen LogP contribution in [-0.4, -0.2) is 172 Å². The molecule has 21 heteroatoms. The molecule has 9 N–H and O–H groups in total. The fourth-order valence-electron chi connectivity index (χ4n) is 5.84. The normalized spacial score (nSPS) is 39.5. The Morgan fingerprint density at radius 1 is 0.700 bits per heavy atom. The average Bonchev–Trinajstić information content (AvgIpc) is 3.01. The number of ether oxygens (including phenoxy) is 7. The summed E-state index contributed by atoms with van der Waals surface area (Å²) in [4.78, 5) is 60.1. The summed E-state index contributed by atoms with van der Waals surface area (Å²) in [6.45, 7) is 5.69. The van der Waals surface area contributed by atoms with Crippen molar-refractivity contribution in [3.63, 3.8) is 0 Å². The third-order valence-electron chi connectivity index (χ3n) is 8.21. The maximum absolute atomic E-state index is 12.5. The standard InChI is InChI=1S/C29H47N3O18/c1-9-20(38)24(18(31-12(4)35)28(46-9)49-23-17(30-11(3)34)27(43)47-15(7-33)21(23)39)50-29-19(32-13(5)36)25(45-10(2)26(41)42)22(40)16(48-29)8-44-14(6)37/h9-10,15-25,27-29,33,38-40,43H,7-8H2,1-6H3,(H,30,34)(H,31,35)(H,32,36)(H,41,42). The quantitative estimate of drug-likeness (QED) is 0.0803. The molecule has 21 nitrogen and oxygen atoms in total. The molecule has 0 aromatic rings. The summed E-state index contributed by atoms with van der Waals surface area (Å²) in [5, 5.41) is 70.8. The fourth-order valence-corrected chi connectivity index (χ4v) is 5.84. The van der Waals surface area contributed by atoms with Crippen molar-refractivity contribution in [2.75, 3.05) is 13.2 Å². The van der Waals surface area contributed by atoms with E-state index in [9.17, 15) is 54.6 Å². The predicted octanol–water partition coefficient (Wildman–Crippen LogP) is -5.05. The summed E-state index contributed by atoms with van der Waals surface area (Å²) in [6, 6.07) is -4.37. The first-order valence-electron chi connectivity index (χ1n) is 15.8. The minimum absolute atomic E-state index is 0.571. The number of nitrogens with one attached hydrogen (secondary N) is 3. The van der Waals surface area contributed by atoms with Crippen LogP contribution in [0.5, 0.6) is 0 Å². The number of amides is 3. The molecule has 0 aromatic carbocycles. The van der Waals surface area contributed by atoms with Gasteiger partial charge in [-0.3, -0.25) is 19.2 Å². The van der Waals surface area contributed by atoms with Gasteiger partial charge in [-0.1, -0.05) is 0 Å². The molecule has 0 aliphatic carbocycles. The van der Waals surface area contributed by atoms with E-state index in [0.29, 0.717) is 0 Å². The summed E-state index contributed by atoms with van der Waals surface area (Å²) in [6.07, 6.45) is -20.2. The number of rotatable bonds is 13. The van der Waals surface area contributed by atoms with Crippen LogP contribution < -0.4 is 16.0 Å². The van der Waals surface area contributed by atoms with Crippen LogP contribution in [0.2, 0.25) is 0 Å². The Kier molecular flexibility index (Phi) is 14.8. The molecule has 3 heterocycles. The van der Waals surface area contributed by atoms with Crippen LogP contribution in [0.3, 0.4) is 0 Å². The molecule has 16 unspecified atom stereocenters. The second-order valence-electron chi connectivity index (χ2n) is 12.2. The number of hydrogen-bond acceptors (Lipinski definition) is 17. The molecule has 3 aliphatic heterocycles. The highest BCUT2D eigenvalue weighted by Crippen LogP contribution is 2.33. The molecule has 3 rings (SSSR count). The van der Waals surface area contributed by atoms with Crippen LogP contribution in [0.15, 0.2) is 0 Å². The Balaban J connectivity index is 2.05. The Labute approximate surface area is 286 Å². The highest BCUT2D eigenvalue weighted by molar-refractivity contribution is 5.74. The number of carbonyl (C=O) groups is 5. The van der Waals surface area contributed by atoms with Crippen molar-refractivity contribution in [1.29, 1.82) is 0 Å². The number of esters is 1. The second kappa shape index (κ2) is 17.9. The van der Waals surface area contributed by atoms with Crippen molar-refractivity contribution in [3.8, 4) is 0 Å². The molecule has 0 radical (unpaired) electrons. The molecule has 0 aromatic heterocycles. The van der Waals surface area contributed by atoms with E-state index in [-0.39, 0.29) is 0 Å². The first-order chi connectivity index (χ1) is 23.4. The Morgan fingerprint density at radius 3 is 1.68 bits per heavy atom. The molecule has 50 heavy (non-hydrogen) atoms. The van der Waals surface area contributed by atoms with E-state index in [0.717, 1.165) is 27.7 Å². The molecule has 3 saturated heterocycles. The van der Waals surface area contributed by atoms with Gasteiger partial charge in [0, 0.05) is 27.7 Å². The Bertz CT molecular complexity index is 1210. The lowest BCUT2D eigenvalue weighted by atomic mass is 9.93. The molecular formula is C29H47N3O18. The molecule has 0 spiro atoms. The topological polar surface area (TPSA) is 307 Å². The van der Waals surface area contributed by atoms with Crippen LogP contribution in [0, 0.1) is 0 Å². The number of aliphatic hydroxyl groups is 5. The number of carbonyl (C=O) groups excluding carboxylic acids is 4. The van der Waals surface area contributed by atoms with Gasteiger partial charge in [0.15, 0.2) is 25.0 Å². The van der Waals surface area contributed by atoms with Gasteiger partial charge in [0.1, 0.15) is 73.6 Å². The molecule has 0 bridgehead atoms.